The quantitative estimate of drug-likeness (QED) is 0.240. The van der Waals surface area contributed by atoms with E-state index in [1.54, 1.807) is 54.9 Å². The average Bonchev–Trinajstić information content (AvgIpc) is 3.62. The summed E-state index contributed by atoms with van der Waals surface area (Å²) in [5, 5.41) is 2.43. The molecule has 1 fully saturated rings. The predicted molar refractivity (Wildman–Crippen MR) is 144 cm³/mol. The molecule has 1 saturated heterocycles. The van der Waals surface area contributed by atoms with Crippen LogP contribution in [0.4, 0.5) is 5.69 Å². The Morgan fingerprint density at radius 2 is 1.76 bits per heavy atom. The molecular formula is C30H19ClN2O3S. The highest BCUT2D eigenvalue weighted by atomic mass is 35.5. The van der Waals surface area contributed by atoms with Crippen LogP contribution in [-0.2, 0) is 0 Å². The fraction of sp³-hybridized carbons (Fsp3) is 0.133. The first-order valence-electron chi connectivity index (χ1n) is 12.0. The maximum atomic E-state index is 14.5. The topological polar surface area (TPSA) is 67.3 Å². The molecule has 37 heavy (non-hydrogen) atoms. The third-order valence-corrected chi connectivity index (χ3v) is 8.96. The zero-order chi connectivity index (χ0) is 25.3. The van der Waals surface area contributed by atoms with Crippen LogP contribution in [0.5, 0.6) is 0 Å². The number of pyridine rings is 1. The number of halogens is 1. The number of rotatable bonds is 3. The second-order valence-corrected chi connectivity index (χ2v) is 10.9. The number of benzene rings is 2. The summed E-state index contributed by atoms with van der Waals surface area (Å²) >= 11 is 7.68. The highest BCUT2D eigenvalue weighted by Gasteiger charge is 2.71. The summed E-state index contributed by atoms with van der Waals surface area (Å²) < 4.78 is 0. The first-order valence-corrected chi connectivity index (χ1v) is 13.2. The summed E-state index contributed by atoms with van der Waals surface area (Å²) in [5.41, 5.74) is 1.59. The Kier molecular flexibility index (Phi) is 4.87. The van der Waals surface area contributed by atoms with Gasteiger partial charge in [-0.15, -0.1) is 11.3 Å². The molecule has 7 rings (SSSR count). The first-order chi connectivity index (χ1) is 18.0. The average molecular weight is 523 g/mol. The zero-order valence-electron chi connectivity index (χ0n) is 19.4. The number of nitrogens with zero attached hydrogens (tertiary/aromatic N) is 2. The van der Waals surface area contributed by atoms with Crippen LogP contribution < -0.4 is 4.90 Å². The van der Waals surface area contributed by atoms with Crippen molar-refractivity contribution in [1.82, 2.24) is 4.98 Å². The number of hydrogen-bond acceptors (Lipinski definition) is 6. The number of Topliss-reactive ketones (excluding diaryl/α,β-unsaturated/α-hetero) is 3. The molecule has 2 aromatic carbocycles. The first kappa shape index (κ1) is 22.3. The lowest BCUT2D eigenvalue weighted by molar-refractivity contribution is 0.0666. The molecule has 0 saturated carbocycles. The number of hydrogen-bond donors (Lipinski definition) is 0. The van der Waals surface area contributed by atoms with Crippen LogP contribution in [0.2, 0.25) is 5.02 Å². The monoisotopic (exact) mass is 522 g/mol. The third kappa shape index (κ3) is 2.91. The van der Waals surface area contributed by atoms with E-state index in [-0.39, 0.29) is 17.3 Å². The maximum absolute atomic E-state index is 14.5. The normalized spacial score (nSPS) is 22.7. The minimum atomic E-state index is -1.52. The van der Waals surface area contributed by atoms with E-state index in [0.717, 1.165) is 11.3 Å². The molecular weight excluding hydrogens is 504 g/mol. The molecule has 4 aromatic rings. The van der Waals surface area contributed by atoms with Gasteiger partial charge in [-0.3, -0.25) is 19.4 Å². The second-order valence-electron chi connectivity index (χ2n) is 9.54. The number of anilines is 1. The summed E-state index contributed by atoms with van der Waals surface area (Å²) in [6.07, 6.45) is 7.13. The number of aromatic nitrogens is 1. The van der Waals surface area contributed by atoms with Crippen LogP contribution in [0.1, 0.15) is 47.4 Å². The molecule has 5 nitrogen and oxygen atoms in total. The van der Waals surface area contributed by atoms with Gasteiger partial charge in [0.25, 0.3) is 0 Å². The molecule has 180 valence electrons. The van der Waals surface area contributed by atoms with Gasteiger partial charge >= 0.3 is 0 Å². The minimum absolute atomic E-state index is 0.126. The molecule has 2 aliphatic heterocycles. The molecule has 0 N–H and O–H groups in total. The number of fused-ring (bicyclic) bond motifs is 5. The largest absolute Gasteiger partial charge is 0.352 e. The Morgan fingerprint density at radius 1 is 0.973 bits per heavy atom. The van der Waals surface area contributed by atoms with E-state index >= 15 is 0 Å². The molecule has 0 radical (unpaired) electrons. The van der Waals surface area contributed by atoms with Crippen molar-refractivity contribution in [2.24, 2.45) is 5.41 Å². The van der Waals surface area contributed by atoms with Crippen molar-refractivity contribution in [3.63, 3.8) is 0 Å². The van der Waals surface area contributed by atoms with Crippen LogP contribution in [0, 0.1) is 5.41 Å². The molecule has 2 aromatic heterocycles. The van der Waals surface area contributed by atoms with Crippen molar-refractivity contribution in [1.29, 1.82) is 0 Å². The molecule has 7 heteroatoms. The van der Waals surface area contributed by atoms with Crippen molar-refractivity contribution >= 4 is 52.1 Å². The van der Waals surface area contributed by atoms with Gasteiger partial charge in [0.15, 0.2) is 17.3 Å². The Bertz CT molecular complexity index is 1590. The van der Waals surface area contributed by atoms with Gasteiger partial charge in [0.1, 0.15) is 11.5 Å². The summed E-state index contributed by atoms with van der Waals surface area (Å²) in [6.45, 7) is 0. The molecule has 4 heterocycles. The van der Waals surface area contributed by atoms with E-state index in [0.29, 0.717) is 26.6 Å². The van der Waals surface area contributed by atoms with Crippen LogP contribution in [0.25, 0.3) is 6.08 Å². The Labute approximate surface area is 222 Å². The molecule has 3 aliphatic rings. The molecule has 1 spiro atoms. The fourth-order valence-corrected chi connectivity index (χ4v) is 7.32. The third-order valence-electron chi connectivity index (χ3n) is 7.84. The van der Waals surface area contributed by atoms with Gasteiger partial charge in [-0.2, -0.15) is 0 Å². The SMILES string of the molecule is O=C(c1cccs1)[C@@H]1[C@@H](c2cccnc2)C2(C(=O)c3ccccc3C2=O)[C@@H]2C=Cc3cc(Cl)ccc3N12. The van der Waals surface area contributed by atoms with E-state index in [1.165, 1.54) is 11.3 Å². The van der Waals surface area contributed by atoms with Gasteiger partial charge in [0.05, 0.1) is 10.9 Å². The second kappa shape index (κ2) is 8.07. The van der Waals surface area contributed by atoms with Crippen LogP contribution in [0.15, 0.2) is 90.6 Å². The van der Waals surface area contributed by atoms with Gasteiger partial charge in [0, 0.05) is 40.1 Å². The Hall–Kier alpha value is -3.87. The summed E-state index contributed by atoms with van der Waals surface area (Å²) in [7, 11) is 0. The molecule has 0 unspecified atom stereocenters. The van der Waals surface area contributed by atoms with E-state index < -0.39 is 23.4 Å². The molecule has 3 atom stereocenters. The number of carbonyl (C=O) groups excluding carboxylic acids is 3. The van der Waals surface area contributed by atoms with Gasteiger partial charge in [0.2, 0.25) is 0 Å². The molecule has 0 bridgehead atoms. The Morgan fingerprint density at radius 3 is 2.43 bits per heavy atom. The lowest BCUT2D eigenvalue weighted by Gasteiger charge is -2.37. The van der Waals surface area contributed by atoms with Crippen molar-refractivity contribution in [2.75, 3.05) is 4.90 Å². The molecule has 0 amide bonds. The zero-order valence-corrected chi connectivity index (χ0v) is 20.9. The van der Waals surface area contributed by atoms with Gasteiger partial charge in [-0.25, -0.2) is 0 Å². The predicted octanol–water partition coefficient (Wildman–Crippen LogP) is 6.11. The minimum Gasteiger partial charge on any atom is -0.352 e. The van der Waals surface area contributed by atoms with Crippen molar-refractivity contribution in [3.8, 4) is 0 Å². The van der Waals surface area contributed by atoms with E-state index in [1.807, 2.05) is 46.7 Å². The highest BCUT2D eigenvalue weighted by molar-refractivity contribution is 7.12. The van der Waals surface area contributed by atoms with Gasteiger partial charge in [-0.1, -0.05) is 60.2 Å². The van der Waals surface area contributed by atoms with Crippen molar-refractivity contribution in [3.05, 3.63) is 123 Å². The van der Waals surface area contributed by atoms with E-state index in [2.05, 4.69) is 4.98 Å². The lowest BCUT2D eigenvalue weighted by atomic mass is 9.64. The van der Waals surface area contributed by atoms with Crippen LogP contribution in [-0.4, -0.2) is 34.4 Å². The summed E-state index contributed by atoms with van der Waals surface area (Å²) in [5.74, 6) is -1.38. The number of carbonyl (C=O) groups is 3. The van der Waals surface area contributed by atoms with E-state index in [4.69, 9.17) is 11.6 Å². The lowest BCUT2D eigenvalue weighted by Crippen LogP contribution is -2.48. The van der Waals surface area contributed by atoms with E-state index in [9.17, 15) is 14.4 Å². The highest BCUT2D eigenvalue weighted by Crippen LogP contribution is 2.61. The van der Waals surface area contributed by atoms with Crippen LogP contribution >= 0.6 is 22.9 Å². The van der Waals surface area contributed by atoms with Gasteiger partial charge in [-0.05, 0) is 46.8 Å². The number of ketones is 3. The van der Waals surface area contributed by atoms with Crippen molar-refractivity contribution < 1.29 is 14.4 Å². The number of thiophene rings is 1. The van der Waals surface area contributed by atoms with Gasteiger partial charge < -0.3 is 4.90 Å². The smallest absolute Gasteiger partial charge is 0.195 e. The van der Waals surface area contributed by atoms with Crippen molar-refractivity contribution in [2.45, 2.75) is 18.0 Å². The summed E-state index contributed by atoms with van der Waals surface area (Å²) in [6, 6.07) is 18.3. The fourth-order valence-electron chi connectivity index (χ4n) is 6.45. The molecule has 1 aliphatic carbocycles. The maximum Gasteiger partial charge on any atom is 0.195 e. The standard InChI is InChI=1S/C30H19ClN2O3S/c31-19-10-11-22-17(15-19)9-12-24-30(28(35)20-6-1-2-7-21(20)29(30)36)25(18-5-3-13-32-16-18)26(33(22)24)27(34)23-8-4-14-37-23/h1-16,24-26H/t24-,25+,26-/m0/s1. The summed E-state index contributed by atoms with van der Waals surface area (Å²) in [4.78, 5) is 50.1. The van der Waals surface area contributed by atoms with Crippen LogP contribution in [0.3, 0.4) is 0 Å². The Balaban J connectivity index is 1.56.